The Morgan fingerprint density at radius 2 is 2.25 bits per heavy atom. The molecule has 16 heavy (non-hydrogen) atoms. The summed E-state index contributed by atoms with van der Waals surface area (Å²) < 4.78 is 5.63. The van der Waals surface area contributed by atoms with E-state index in [1.165, 1.54) is 32.2 Å². The van der Waals surface area contributed by atoms with Gasteiger partial charge in [-0.05, 0) is 46.1 Å². The lowest BCUT2D eigenvalue weighted by molar-refractivity contribution is -0.0592. The van der Waals surface area contributed by atoms with Gasteiger partial charge in [-0.3, -0.25) is 4.90 Å². The highest BCUT2D eigenvalue weighted by Crippen LogP contribution is 2.25. The largest absolute Gasteiger partial charge is 0.377 e. The summed E-state index contributed by atoms with van der Waals surface area (Å²) in [5, 5.41) is 3.62. The Hall–Kier alpha value is -0.120. The lowest BCUT2D eigenvalue weighted by Gasteiger charge is -2.42. The third-order valence-corrected chi connectivity index (χ3v) is 4.08. The molecular weight excluding hydrogens is 200 g/mol. The summed E-state index contributed by atoms with van der Waals surface area (Å²) >= 11 is 0. The second-order valence-electron chi connectivity index (χ2n) is 5.76. The van der Waals surface area contributed by atoms with Crippen LogP contribution >= 0.6 is 0 Å². The molecule has 2 rings (SSSR count). The number of likely N-dealkylation sites (tertiary alicyclic amines) is 1. The van der Waals surface area contributed by atoms with Crippen LogP contribution in [0.1, 0.15) is 39.5 Å². The van der Waals surface area contributed by atoms with Gasteiger partial charge < -0.3 is 10.1 Å². The van der Waals surface area contributed by atoms with Gasteiger partial charge >= 0.3 is 0 Å². The van der Waals surface area contributed by atoms with Crippen LogP contribution in [-0.2, 0) is 4.74 Å². The molecule has 1 heterocycles. The van der Waals surface area contributed by atoms with Gasteiger partial charge in [-0.1, -0.05) is 0 Å². The molecule has 0 amide bonds. The number of nitrogens with one attached hydrogen (secondary N) is 1. The molecule has 2 unspecified atom stereocenters. The van der Waals surface area contributed by atoms with E-state index < -0.39 is 0 Å². The molecule has 0 aromatic heterocycles. The molecule has 94 valence electrons. The molecule has 1 aliphatic carbocycles. The molecule has 2 aliphatic rings. The zero-order valence-corrected chi connectivity index (χ0v) is 11.0. The Morgan fingerprint density at radius 3 is 2.88 bits per heavy atom. The molecule has 0 bridgehead atoms. The maximum absolute atomic E-state index is 5.63. The first-order chi connectivity index (χ1) is 7.63. The van der Waals surface area contributed by atoms with E-state index in [4.69, 9.17) is 4.74 Å². The maximum atomic E-state index is 5.63. The third-order valence-electron chi connectivity index (χ3n) is 4.08. The van der Waals surface area contributed by atoms with E-state index in [0.29, 0.717) is 6.04 Å². The average molecular weight is 226 g/mol. The van der Waals surface area contributed by atoms with Crippen LogP contribution in [0.25, 0.3) is 0 Å². The predicted octanol–water partition coefficient (Wildman–Crippen LogP) is 1.63. The minimum Gasteiger partial charge on any atom is -0.377 e. The Balaban J connectivity index is 1.78. The van der Waals surface area contributed by atoms with E-state index >= 15 is 0 Å². The number of nitrogens with zero attached hydrogens (tertiary/aromatic N) is 1. The van der Waals surface area contributed by atoms with Crippen molar-refractivity contribution < 1.29 is 4.74 Å². The lowest BCUT2D eigenvalue weighted by Crippen LogP contribution is -2.52. The Morgan fingerprint density at radius 1 is 1.50 bits per heavy atom. The van der Waals surface area contributed by atoms with Crippen molar-refractivity contribution in [3.63, 3.8) is 0 Å². The molecule has 2 fully saturated rings. The first-order valence-corrected chi connectivity index (χ1v) is 6.65. The molecule has 2 atom stereocenters. The van der Waals surface area contributed by atoms with Crippen LogP contribution in [0.3, 0.4) is 0 Å². The first-order valence-electron chi connectivity index (χ1n) is 6.65. The van der Waals surface area contributed by atoms with Crippen molar-refractivity contribution in [1.29, 1.82) is 0 Å². The van der Waals surface area contributed by atoms with Gasteiger partial charge in [-0.2, -0.15) is 0 Å². The minimum absolute atomic E-state index is 0.0755. The van der Waals surface area contributed by atoms with E-state index in [0.717, 1.165) is 19.1 Å². The number of rotatable bonds is 5. The molecular formula is C13H26N2O. The minimum atomic E-state index is 0.0755. The normalized spacial score (nSPS) is 33.9. The lowest BCUT2D eigenvalue weighted by atomic mass is 9.94. The number of ether oxygens (including phenoxy) is 1. The summed E-state index contributed by atoms with van der Waals surface area (Å²) in [7, 11) is 1.84. The average Bonchev–Trinajstić information content (AvgIpc) is 3.10. The Labute approximate surface area is 99.5 Å². The van der Waals surface area contributed by atoms with Gasteiger partial charge in [0.1, 0.15) is 0 Å². The molecule has 0 aromatic carbocycles. The van der Waals surface area contributed by atoms with Crippen molar-refractivity contribution in [3.05, 3.63) is 0 Å². The molecule has 1 N–H and O–H groups in total. The molecule has 3 heteroatoms. The van der Waals surface area contributed by atoms with E-state index in [-0.39, 0.29) is 5.60 Å². The van der Waals surface area contributed by atoms with Crippen LogP contribution in [0.5, 0.6) is 0 Å². The van der Waals surface area contributed by atoms with Gasteiger partial charge in [0.25, 0.3) is 0 Å². The SMILES string of the molecule is COC1(C)CCCN(C(C)CNC2CC2)C1. The van der Waals surface area contributed by atoms with Crippen molar-refractivity contribution in [1.82, 2.24) is 10.2 Å². The van der Waals surface area contributed by atoms with Crippen LogP contribution in [0, 0.1) is 0 Å². The van der Waals surface area contributed by atoms with Gasteiger partial charge in [0.2, 0.25) is 0 Å². The zero-order chi connectivity index (χ0) is 11.6. The quantitative estimate of drug-likeness (QED) is 0.771. The van der Waals surface area contributed by atoms with Crippen LogP contribution in [0.15, 0.2) is 0 Å². The topological polar surface area (TPSA) is 24.5 Å². The number of methoxy groups -OCH3 is 1. The molecule has 0 aromatic rings. The summed E-state index contributed by atoms with van der Waals surface area (Å²) in [6, 6.07) is 1.46. The van der Waals surface area contributed by atoms with Crippen molar-refractivity contribution in [2.24, 2.45) is 0 Å². The van der Waals surface area contributed by atoms with E-state index in [1.807, 2.05) is 7.11 Å². The van der Waals surface area contributed by atoms with E-state index in [9.17, 15) is 0 Å². The Kier molecular flexibility index (Phi) is 3.88. The number of hydrogen-bond acceptors (Lipinski definition) is 3. The van der Waals surface area contributed by atoms with Crippen LogP contribution in [0.4, 0.5) is 0 Å². The number of piperidine rings is 1. The highest BCUT2D eigenvalue weighted by molar-refractivity contribution is 4.89. The standard InChI is InChI=1S/C13H26N2O/c1-11(9-14-12-5-6-12)15-8-4-7-13(2,10-15)16-3/h11-12,14H,4-10H2,1-3H3. The monoisotopic (exact) mass is 226 g/mol. The van der Waals surface area contributed by atoms with Crippen LogP contribution in [0.2, 0.25) is 0 Å². The smallest absolute Gasteiger partial charge is 0.0777 e. The fourth-order valence-electron chi connectivity index (χ4n) is 2.54. The summed E-state index contributed by atoms with van der Waals surface area (Å²) in [6.45, 7) is 8.00. The van der Waals surface area contributed by atoms with Crippen molar-refractivity contribution in [2.75, 3.05) is 26.7 Å². The summed E-state index contributed by atoms with van der Waals surface area (Å²) in [6.07, 6.45) is 5.21. The van der Waals surface area contributed by atoms with Crippen molar-refractivity contribution in [3.8, 4) is 0 Å². The molecule has 1 saturated heterocycles. The van der Waals surface area contributed by atoms with Gasteiger partial charge in [-0.15, -0.1) is 0 Å². The van der Waals surface area contributed by atoms with Gasteiger partial charge in [-0.25, -0.2) is 0 Å². The van der Waals surface area contributed by atoms with Gasteiger partial charge in [0.15, 0.2) is 0 Å². The molecule has 0 radical (unpaired) electrons. The van der Waals surface area contributed by atoms with Crippen molar-refractivity contribution in [2.45, 2.75) is 57.2 Å². The van der Waals surface area contributed by atoms with E-state index in [1.54, 1.807) is 0 Å². The highest BCUT2D eigenvalue weighted by Gasteiger charge is 2.33. The fraction of sp³-hybridized carbons (Fsp3) is 1.00. The van der Waals surface area contributed by atoms with Gasteiger partial charge in [0.05, 0.1) is 5.60 Å². The molecule has 0 spiro atoms. The summed E-state index contributed by atoms with van der Waals surface area (Å²) in [5.74, 6) is 0. The maximum Gasteiger partial charge on any atom is 0.0777 e. The van der Waals surface area contributed by atoms with Crippen LogP contribution in [-0.4, -0.2) is 49.3 Å². The van der Waals surface area contributed by atoms with Crippen molar-refractivity contribution >= 4 is 0 Å². The highest BCUT2D eigenvalue weighted by atomic mass is 16.5. The predicted molar refractivity (Wildman–Crippen MR) is 66.7 cm³/mol. The second-order valence-corrected chi connectivity index (χ2v) is 5.76. The third kappa shape index (κ3) is 3.19. The molecule has 1 aliphatic heterocycles. The fourth-order valence-corrected chi connectivity index (χ4v) is 2.54. The Bertz CT molecular complexity index is 230. The van der Waals surface area contributed by atoms with Crippen LogP contribution < -0.4 is 5.32 Å². The zero-order valence-electron chi connectivity index (χ0n) is 11.0. The number of hydrogen-bond donors (Lipinski definition) is 1. The second kappa shape index (κ2) is 5.03. The summed E-state index contributed by atoms with van der Waals surface area (Å²) in [5.41, 5.74) is 0.0755. The molecule has 3 nitrogen and oxygen atoms in total. The van der Waals surface area contributed by atoms with Gasteiger partial charge in [0, 0.05) is 32.3 Å². The summed E-state index contributed by atoms with van der Waals surface area (Å²) in [4.78, 5) is 2.57. The van der Waals surface area contributed by atoms with E-state index in [2.05, 4.69) is 24.1 Å². The molecule has 1 saturated carbocycles. The first kappa shape index (κ1) is 12.3.